The van der Waals surface area contributed by atoms with Crippen LogP contribution in [0.15, 0.2) is 24.3 Å². The zero-order chi connectivity index (χ0) is 15.1. The van der Waals surface area contributed by atoms with Gasteiger partial charge in [-0.1, -0.05) is 26.0 Å². The highest BCUT2D eigenvalue weighted by Crippen LogP contribution is 2.10. The minimum Gasteiger partial charge on any atom is -0.399 e. The third-order valence-electron chi connectivity index (χ3n) is 3.78. The Labute approximate surface area is 122 Å². The minimum absolute atomic E-state index is 0.0941. The summed E-state index contributed by atoms with van der Waals surface area (Å²) in [4.78, 5) is 14.2. The number of anilines is 1. The quantitative estimate of drug-likeness (QED) is 0.752. The molecule has 0 aliphatic rings. The van der Waals surface area contributed by atoms with Crippen molar-refractivity contribution in [1.29, 1.82) is 0 Å². The van der Waals surface area contributed by atoms with Crippen molar-refractivity contribution >= 4 is 11.6 Å². The van der Waals surface area contributed by atoms with Crippen LogP contribution in [0.25, 0.3) is 0 Å². The van der Waals surface area contributed by atoms with Crippen LogP contribution in [0, 0.1) is 0 Å². The second-order valence-electron chi connectivity index (χ2n) is 5.35. The lowest BCUT2D eigenvalue weighted by Crippen LogP contribution is -2.46. The molecule has 1 unspecified atom stereocenters. The molecule has 112 valence electrons. The molecular weight excluding hydrogens is 250 g/mol. The second kappa shape index (κ2) is 7.90. The third-order valence-corrected chi connectivity index (χ3v) is 3.78. The Hall–Kier alpha value is -1.55. The molecule has 0 aromatic heterocycles. The van der Waals surface area contributed by atoms with Crippen LogP contribution in [-0.4, -0.2) is 29.9 Å². The van der Waals surface area contributed by atoms with Gasteiger partial charge in [0.1, 0.15) is 0 Å². The number of carbonyl (C=O) groups is 1. The summed E-state index contributed by atoms with van der Waals surface area (Å²) in [6.45, 7) is 6.86. The molecule has 1 aromatic rings. The van der Waals surface area contributed by atoms with E-state index in [9.17, 15) is 4.79 Å². The Kier molecular flexibility index (Phi) is 6.52. The molecule has 1 amide bonds. The third kappa shape index (κ3) is 4.85. The monoisotopic (exact) mass is 277 g/mol. The van der Waals surface area contributed by atoms with E-state index in [1.54, 1.807) is 0 Å². The van der Waals surface area contributed by atoms with Crippen LogP contribution in [0.3, 0.4) is 0 Å². The summed E-state index contributed by atoms with van der Waals surface area (Å²) in [5, 5.41) is 3.09. The Morgan fingerprint density at radius 3 is 2.30 bits per heavy atom. The maximum Gasteiger partial charge on any atom is 0.237 e. The van der Waals surface area contributed by atoms with Crippen molar-refractivity contribution in [2.45, 2.75) is 52.2 Å². The predicted octanol–water partition coefficient (Wildman–Crippen LogP) is 2.39. The van der Waals surface area contributed by atoms with E-state index in [1.165, 1.54) is 0 Å². The Morgan fingerprint density at radius 1 is 1.25 bits per heavy atom. The van der Waals surface area contributed by atoms with Crippen LogP contribution in [-0.2, 0) is 11.3 Å². The first-order chi connectivity index (χ1) is 9.47. The van der Waals surface area contributed by atoms with Gasteiger partial charge in [-0.05, 0) is 44.5 Å². The average Bonchev–Trinajstić information content (AvgIpc) is 2.45. The summed E-state index contributed by atoms with van der Waals surface area (Å²) < 4.78 is 0. The van der Waals surface area contributed by atoms with E-state index in [1.807, 2.05) is 43.1 Å². The molecule has 0 saturated carbocycles. The minimum atomic E-state index is -0.145. The molecule has 0 aliphatic carbocycles. The number of likely N-dealkylation sites (N-methyl/N-ethyl adjacent to an activating group) is 1. The summed E-state index contributed by atoms with van der Waals surface area (Å²) in [7, 11) is 1.97. The lowest BCUT2D eigenvalue weighted by molar-refractivity contribution is -0.126. The smallest absolute Gasteiger partial charge is 0.237 e. The van der Waals surface area contributed by atoms with E-state index < -0.39 is 0 Å². The topological polar surface area (TPSA) is 58.4 Å². The number of carbonyl (C=O) groups excluding carboxylic acids is 1. The van der Waals surface area contributed by atoms with Crippen molar-refractivity contribution in [1.82, 2.24) is 10.2 Å². The fourth-order valence-corrected chi connectivity index (χ4v) is 2.06. The van der Waals surface area contributed by atoms with Crippen LogP contribution in [0.4, 0.5) is 5.69 Å². The number of nitrogens with one attached hydrogen (secondary N) is 1. The summed E-state index contributed by atoms with van der Waals surface area (Å²) in [6.07, 6.45) is 1.94. The number of hydrogen-bond donors (Lipinski definition) is 2. The molecule has 20 heavy (non-hydrogen) atoms. The molecule has 4 nitrogen and oxygen atoms in total. The predicted molar refractivity (Wildman–Crippen MR) is 84.3 cm³/mol. The number of amides is 1. The van der Waals surface area contributed by atoms with Crippen LogP contribution < -0.4 is 11.1 Å². The van der Waals surface area contributed by atoms with Gasteiger partial charge in [-0.25, -0.2) is 0 Å². The molecule has 1 aromatic carbocycles. The van der Waals surface area contributed by atoms with Gasteiger partial charge in [-0.15, -0.1) is 0 Å². The first-order valence-corrected chi connectivity index (χ1v) is 7.32. The van der Waals surface area contributed by atoms with Gasteiger partial charge < -0.3 is 11.1 Å². The Bertz CT molecular complexity index is 412. The number of benzene rings is 1. The van der Waals surface area contributed by atoms with Gasteiger partial charge in [0, 0.05) is 18.3 Å². The molecule has 0 radical (unpaired) electrons. The van der Waals surface area contributed by atoms with E-state index >= 15 is 0 Å². The highest BCUT2D eigenvalue weighted by Gasteiger charge is 2.19. The maximum absolute atomic E-state index is 12.2. The summed E-state index contributed by atoms with van der Waals surface area (Å²) in [5.74, 6) is 0.0941. The zero-order valence-electron chi connectivity index (χ0n) is 13.0. The van der Waals surface area contributed by atoms with Crippen LogP contribution in [0.5, 0.6) is 0 Å². The van der Waals surface area contributed by atoms with Crippen molar-refractivity contribution in [2.75, 3.05) is 12.8 Å². The molecule has 0 fully saturated rings. The van der Waals surface area contributed by atoms with E-state index in [4.69, 9.17) is 5.73 Å². The first-order valence-electron chi connectivity index (χ1n) is 7.32. The zero-order valence-corrected chi connectivity index (χ0v) is 13.0. The molecular formula is C16H27N3O. The first kappa shape index (κ1) is 16.5. The normalized spacial score (nSPS) is 12.7. The largest absolute Gasteiger partial charge is 0.399 e. The van der Waals surface area contributed by atoms with Crippen molar-refractivity contribution in [3.8, 4) is 0 Å². The maximum atomic E-state index is 12.2. The number of rotatable bonds is 7. The molecule has 0 bridgehead atoms. The summed E-state index contributed by atoms with van der Waals surface area (Å²) in [6, 6.07) is 7.90. The Morgan fingerprint density at radius 2 is 1.80 bits per heavy atom. The lowest BCUT2D eigenvalue weighted by atomic mass is 10.1. The van der Waals surface area contributed by atoms with Gasteiger partial charge in [0.2, 0.25) is 5.91 Å². The van der Waals surface area contributed by atoms with Gasteiger partial charge >= 0.3 is 0 Å². The van der Waals surface area contributed by atoms with E-state index in [0.717, 1.165) is 30.6 Å². The standard InChI is InChI=1S/C16H27N3O/c1-5-15(6-2)18-16(20)12(3)19(4)11-13-7-9-14(17)10-8-13/h7-10,12,15H,5-6,11,17H2,1-4H3,(H,18,20). The highest BCUT2D eigenvalue weighted by atomic mass is 16.2. The highest BCUT2D eigenvalue weighted by molar-refractivity contribution is 5.81. The van der Waals surface area contributed by atoms with Crippen molar-refractivity contribution in [3.05, 3.63) is 29.8 Å². The van der Waals surface area contributed by atoms with Gasteiger partial charge in [0.25, 0.3) is 0 Å². The lowest BCUT2D eigenvalue weighted by Gasteiger charge is -2.26. The van der Waals surface area contributed by atoms with Gasteiger partial charge in [0.15, 0.2) is 0 Å². The summed E-state index contributed by atoms with van der Waals surface area (Å²) >= 11 is 0. The van der Waals surface area contributed by atoms with Crippen LogP contribution >= 0.6 is 0 Å². The fourth-order valence-electron chi connectivity index (χ4n) is 2.06. The fraction of sp³-hybridized carbons (Fsp3) is 0.562. The molecule has 1 rings (SSSR count). The molecule has 0 spiro atoms. The molecule has 3 N–H and O–H groups in total. The van der Waals surface area contributed by atoms with Crippen LogP contribution in [0.2, 0.25) is 0 Å². The van der Waals surface area contributed by atoms with Crippen LogP contribution in [0.1, 0.15) is 39.2 Å². The molecule has 0 saturated heterocycles. The Balaban J connectivity index is 2.55. The molecule has 0 heterocycles. The number of nitrogens with two attached hydrogens (primary N) is 1. The van der Waals surface area contributed by atoms with Gasteiger partial charge in [-0.3, -0.25) is 9.69 Å². The van der Waals surface area contributed by atoms with Gasteiger partial charge in [-0.2, -0.15) is 0 Å². The average molecular weight is 277 g/mol. The van der Waals surface area contributed by atoms with E-state index in [2.05, 4.69) is 19.2 Å². The van der Waals surface area contributed by atoms with Crippen molar-refractivity contribution in [2.24, 2.45) is 0 Å². The SMILES string of the molecule is CCC(CC)NC(=O)C(C)N(C)Cc1ccc(N)cc1. The number of nitrogens with zero attached hydrogens (tertiary/aromatic N) is 1. The van der Waals surface area contributed by atoms with Crippen molar-refractivity contribution < 1.29 is 4.79 Å². The summed E-state index contributed by atoms with van der Waals surface area (Å²) in [5.41, 5.74) is 7.59. The number of nitrogen functional groups attached to an aromatic ring is 1. The van der Waals surface area contributed by atoms with Crippen molar-refractivity contribution in [3.63, 3.8) is 0 Å². The molecule has 0 aliphatic heterocycles. The van der Waals surface area contributed by atoms with Gasteiger partial charge in [0.05, 0.1) is 6.04 Å². The number of hydrogen-bond acceptors (Lipinski definition) is 3. The van der Waals surface area contributed by atoms with E-state index in [0.29, 0.717) is 0 Å². The molecule has 4 heteroatoms. The molecule has 1 atom stereocenters. The van der Waals surface area contributed by atoms with E-state index in [-0.39, 0.29) is 18.0 Å². The second-order valence-corrected chi connectivity index (χ2v) is 5.35.